The molecule has 0 fully saturated rings. The van der Waals surface area contributed by atoms with Crippen LogP contribution < -0.4 is 0 Å². The Bertz CT molecular complexity index is 682. The van der Waals surface area contributed by atoms with Crippen LogP contribution in [0.25, 0.3) is 5.69 Å². The maximum absolute atomic E-state index is 13.7. The second-order valence-corrected chi connectivity index (χ2v) is 3.63. The molecule has 2 rings (SSSR count). The number of halogens is 1. The van der Waals surface area contributed by atoms with Gasteiger partial charge in [-0.2, -0.15) is 0 Å². The molecular weight excluding hydrogens is 259 g/mol. The normalized spacial score (nSPS) is 10.4. The number of hydrogen-bond donors (Lipinski definition) is 1. The van der Waals surface area contributed by atoms with Gasteiger partial charge < -0.3 is 5.11 Å². The minimum absolute atomic E-state index is 0.108. The average molecular weight is 266 g/mol. The van der Waals surface area contributed by atoms with E-state index in [-0.39, 0.29) is 17.1 Å². The first-order valence-electron chi connectivity index (χ1n) is 5.01. The molecule has 1 aromatic heterocycles. The molecule has 19 heavy (non-hydrogen) atoms. The highest BCUT2D eigenvalue weighted by atomic mass is 19.1. The fourth-order valence-corrected chi connectivity index (χ4v) is 1.54. The molecule has 0 aliphatic carbocycles. The number of non-ortho nitro benzene ring substituents is 1. The number of rotatable bonds is 3. The van der Waals surface area contributed by atoms with Gasteiger partial charge in [-0.25, -0.2) is 13.9 Å². The van der Waals surface area contributed by atoms with Crippen LogP contribution in [0.2, 0.25) is 0 Å². The molecule has 1 aromatic carbocycles. The van der Waals surface area contributed by atoms with Crippen molar-refractivity contribution in [1.82, 2.24) is 15.0 Å². The number of aromatic carboxylic acids is 1. The number of carbonyl (C=O) groups is 1. The smallest absolute Gasteiger partial charge is 0.358 e. The van der Waals surface area contributed by atoms with Gasteiger partial charge >= 0.3 is 5.97 Å². The van der Waals surface area contributed by atoms with Gasteiger partial charge in [-0.05, 0) is 13.0 Å². The van der Waals surface area contributed by atoms with Crippen LogP contribution in [0.15, 0.2) is 18.2 Å². The molecule has 0 bridgehead atoms. The van der Waals surface area contributed by atoms with E-state index in [4.69, 9.17) is 5.11 Å². The van der Waals surface area contributed by atoms with Crippen molar-refractivity contribution in [2.45, 2.75) is 6.92 Å². The van der Waals surface area contributed by atoms with E-state index in [2.05, 4.69) is 10.3 Å². The van der Waals surface area contributed by atoms with Crippen LogP contribution in [0, 0.1) is 22.9 Å². The highest BCUT2D eigenvalue weighted by Crippen LogP contribution is 2.20. The highest BCUT2D eigenvalue weighted by molar-refractivity contribution is 5.86. The van der Waals surface area contributed by atoms with Gasteiger partial charge in [0.2, 0.25) is 0 Å². The van der Waals surface area contributed by atoms with Crippen LogP contribution in [0.4, 0.5) is 10.1 Å². The maximum atomic E-state index is 13.7. The molecule has 1 heterocycles. The summed E-state index contributed by atoms with van der Waals surface area (Å²) in [5.74, 6) is -2.18. The van der Waals surface area contributed by atoms with E-state index < -0.39 is 22.4 Å². The lowest BCUT2D eigenvalue weighted by atomic mass is 10.2. The summed E-state index contributed by atoms with van der Waals surface area (Å²) in [5, 5.41) is 26.2. The third-order valence-corrected chi connectivity index (χ3v) is 2.47. The van der Waals surface area contributed by atoms with Crippen molar-refractivity contribution in [1.29, 1.82) is 0 Å². The van der Waals surface area contributed by atoms with Crippen LogP contribution in [0.5, 0.6) is 0 Å². The third-order valence-electron chi connectivity index (χ3n) is 2.47. The number of carboxylic acids is 1. The second kappa shape index (κ2) is 4.44. The summed E-state index contributed by atoms with van der Waals surface area (Å²) in [7, 11) is 0. The molecule has 0 aliphatic rings. The summed E-state index contributed by atoms with van der Waals surface area (Å²) in [6.07, 6.45) is 0. The summed E-state index contributed by atoms with van der Waals surface area (Å²) in [6.45, 7) is 1.41. The summed E-state index contributed by atoms with van der Waals surface area (Å²) >= 11 is 0. The number of hydrogen-bond acceptors (Lipinski definition) is 5. The Kier molecular flexibility index (Phi) is 2.95. The largest absolute Gasteiger partial charge is 0.476 e. The van der Waals surface area contributed by atoms with E-state index in [1.807, 2.05) is 0 Å². The number of benzene rings is 1. The summed E-state index contributed by atoms with van der Waals surface area (Å²) in [6, 6.07) is 2.97. The Labute approximate surface area is 105 Å². The molecule has 8 nitrogen and oxygen atoms in total. The van der Waals surface area contributed by atoms with E-state index in [9.17, 15) is 19.3 Å². The van der Waals surface area contributed by atoms with E-state index in [1.54, 1.807) is 0 Å². The molecule has 1 N–H and O–H groups in total. The van der Waals surface area contributed by atoms with Crippen LogP contribution in [0.3, 0.4) is 0 Å². The molecule has 0 spiro atoms. The molecule has 0 radical (unpaired) electrons. The van der Waals surface area contributed by atoms with Crippen molar-refractivity contribution >= 4 is 11.7 Å². The zero-order valence-electron chi connectivity index (χ0n) is 9.57. The van der Waals surface area contributed by atoms with Crippen molar-refractivity contribution < 1.29 is 19.2 Å². The number of nitrogens with zero attached hydrogens (tertiary/aromatic N) is 4. The van der Waals surface area contributed by atoms with E-state index in [1.165, 1.54) is 6.92 Å². The highest BCUT2D eigenvalue weighted by Gasteiger charge is 2.19. The van der Waals surface area contributed by atoms with Gasteiger partial charge in [-0.15, -0.1) is 5.10 Å². The predicted molar refractivity (Wildman–Crippen MR) is 59.7 cm³/mol. The fraction of sp³-hybridized carbons (Fsp3) is 0.100. The first-order chi connectivity index (χ1) is 8.91. The van der Waals surface area contributed by atoms with Gasteiger partial charge in [0.15, 0.2) is 11.5 Å². The number of nitro groups is 1. The van der Waals surface area contributed by atoms with Crippen molar-refractivity contribution in [3.8, 4) is 5.69 Å². The molecule has 0 atom stereocenters. The van der Waals surface area contributed by atoms with Crippen LogP contribution >= 0.6 is 0 Å². The van der Waals surface area contributed by atoms with Crippen molar-refractivity contribution in [2.75, 3.05) is 0 Å². The van der Waals surface area contributed by atoms with Gasteiger partial charge in [0.25, 0.3) is 5.69 Å². The molecule has 0 aliphatic heterocycles. The zero-order chi connectivity index (χ0) is 14.2. The quantitative estimate of drug-likeness (QED) is 0.662. The standard InChI is InChI=1S/C10H7FN4O4/c1-5-9(10(16)17)12-13-14(5)8-3-2-6(15(18)19)4-7(8)11/h2-4H,1H3,(H,16,17). The lowest BCUT2D eigenvalue weighted by Crippen LogP contribution is -2.05. The average Bonchev–Trinajstić information content (AvgIpc) is 2.71. The lowest BCUT2D eigenvalue weighted by molar-refractivity contribution is -0.385. The van der Waals surface area contributed by atoms with Gasteiger partial charge in [0.05, 0.1) is 16.7 Å². The molecule has 2 aromatic rings. The SMILES string of the molecule is Cc1c(C(=O)O)nnn1-c1ccc([N+](=O)[O-])cc1F. The van der Waals surface area contributed by atoms with Crippen molar-refractivity contribution in [2.24, 2.45) is 0 Å². The summed E-state index contributed by atoms with van der Waals surface area (Å²) < 4.78 is 14.7. The van der Waals surface area contributed by atoms with Crippen LogP contribution in [0.1, 0.15) is 16.2 Å². The molecule has 0 saturated carbocycles. The predicted octanol–water partition coefficient (Wildman–Crippen LogP) is 1.32. The van der Waals surface area contributed by atoms with Gasteiger partial charge in [-0.1, -0.05) is 5.21 Å². The fourth-order valence-electron chi connectivity index (χ4n) is 1.54. The topological polar surface area (TPSA) is 111 Å². The Morgan fingerprint density at radius 3 is 2.68 bits per heavy atom. The molecule has 98 valence electrons. The molecule has 0 unspecified atom stereocenters. The van der Waals surface area contributed by atoms with Crippen LogP contribution in [-0.4, -0.2) is 31.0 Å². The lowest BCUT2D eigenvalue weighted by Gasteiger charge is -2.04. The zero-order valence-corrected chi connectivity index (χ0v) is 9.57. The van der Waals surface area contributed by atoms with E-state index in [0.29, 0.717) is 0 Å². The first kappa shape index (κ1) is 12.6. The van der Waals surface area contributed by atoms with Gasteiger partial charge in [0.1, 0.15) is 5.69 Å². The van der Waals surface area contributed by atoms with Gasteiger partial charge in [0, 0.05) is 6.07 Å². The Balaban J connectivity index is 2.54. The van der Waals surface area contributed by atoms with E-state index in [0.717, 1.165) is 22.9 Å². The van der Waals surface area contributed by atoms with Crippen molar-refractivity contribution in [3.63, 3.8) is 0 Å². The number of nitro benzene ring substituents is 1. The molecule has 0 saturated heterocycles. The van der Waals surface area contributed by atoms with Crippen LogP contribution in [-0.2, 0) is 0 Å². The monoisotopic (exact) mass is 266 g/mol. The minimum atomic E-state index is -1.29. The minimum Gasteiger partial charge on any atom is -0.476 e. The Hall–Kier alpha value is -2.84. The number of carboxylic acid groups (broad SMARTS) is 1. The molecule has 0 amide bonds. The third kappa shape index (κ3) is 2.12. The van der Waals surface area contributed by atoms with Crippen molar-refractivity contribution in [3.05, 3.63) is 45.5 Å². The summed E-state index contributed by atoms with van der Waals surface area (Å²) in [5.41, 5.74) is -0.696. The second-order valence-electron chi connectivity index (χ2n) is 3.63. The Morgan fingerprint density at radius 1 is 1.53 bits per heavy atom. The number of aromatic nitrogens is 3. The first-order valence-corrected chi connectivity index (χ1v) is 5.01. The Morgan fingerprint density at radius 2 is 2.21 bits per heavy atom. The molecule has 9 heteroatoms. The molecular formula is C10H7FN4O4. The van der Waals surface area contributed by atoms with Gasteiger partial charge in [-0.3, -0.25) is 10.1 Å². The maximum Gasteiger partial charge on any atom is 0.358 e. The van der Waals surface area contributed by atoms with E-state index >= 15 is 0 Å². The summed E-state index contributed by atoms with van der Waals surface area (Å²) in [4.78, 5) is 20.6.